The van der Waals surface area contributed by atoms with E-state index >= 15 is 0 Å². The second-order valence-corrected chi connectivity index (χ2v) is 6.37. The van der Waals surface area contributed by atoms with Crippen LogP contribution < -0.4 is 4.90 Å². The molecule has 7 heteroatoms. The maximum Gasteiger partial charge on any atom is 0.160 e. The molecule has 24 heavy (non-hydrogen) atoms. The molecule has 0 fully saturated rings. The number of anilines is 1. The first-order valence-corrected chi connectivity index (χ1v) is 7.96. The highest BCUT2D eigenvalue weighted by Crippen LogP contribution is 2.35. The molecule has 0 saturated heterocycles. The van der Waals surface area contributed by atoms with Gasteiger partial charge in [0.2, 0.25) is 0 Å². The second-order valence-electron chi connectivity index (χ2n) is 5.34. The largest absolute Gasteiger partial charge is 0.510 e. The molecule has 2 aromatic carbocycles. The molecule has 4 rings (SSSR count). The van der Waals surface area contributed by atoms with Gasteiger partial charge in [-0.05, 0) is 24.3 Å². The van der Waals surface area contributed by atoms with Crippen LogP contribution in [0.15, 0.2) is 48.2 Å². The summed E-state index contributed by atoms with van der Waals surface area (Å²) in [6.45, 7) is 0.0230. The van der Waals surface area contributed by atoms with Crippen LogP contribution in [0.25, 0.3) is 15.8 Å². The van der Waals surface area contributed by atoms with Crippen LogP contribution in [0.3, 0.4) is 0 Å². The van der Waals surface area contributed by atoms with E-state index in [4.69, 9.17) is 5.41 Å². The van der Waals surface area contributed by atoms with Gasteiger partial charge in [-0.15, -0.1) is 11.3 Å². The molecule has 0 aliphatic carbocycles. The zero-order valence-electron chi connectivity index (χ0n) is 12.3. The van der Waals surface area contributed by atoms with Gasteiger partial charge in [-0.3, -0.25) is 5.41 Å². The minimum absolute atomic E-state index is 0.0104. The van der Waals surface area contributed by atoms with Crippen molar-refractivity contribution in [2.45, 2.75) is 0 Å². The van der Waals surface area contributed by atoms with Gasteiger partial charge in [0.05, 0.1) is 22.3 Å². The highest BCUT2D eigenvalue weighted by Gasteiger charge is 2.31. The average Bonchev–Trinajstić information content (AvgIpc) is 3.10. The van der Waals surface area contributed by atoms with E-state index in [0.717, 1.165) is 22.3 Å². The Hall–Kier alpha value is -2.80. The summed E-state index contributed by atoms with van der Waals surface area (Å²) in [5, 5.41) is 19.1. The average molecular weight is 343 g/mol. The summed E-state index contributed by atoms with van der Waals surface area (Å²) in [7, 11) is 0. The van der Waals surface area contributed by atoms with E-state index in [0.29, 0.717) is 16.3 Å². The Labute approximate surface area is 139 Å². The number of halogens is 2. The number of rotatable bonds is 2. The van der Waals surface area contributed by atoms with Crippen LogP contribution in [0.2, 0.25) is 0 Å². The topological polar surface area (TPSA) is 60.2 Å². The lowest BCUT2D eigenvalue weighted by atomic mass is 10.2. The maximum absolute atomic E-state index is 13.5. The number of thiazole rings is 1. The lowest BCUT2D eigenvalue weighted by Crippen LogP contribution is -2.26. The summed E-state index contributed by atoms with van der Waals surface area (Å²) in [6, 6.07) is 10.9. The fourth-order valence-electron chi connectivity index (χ4n) is 2.66. The van der Waals surface area contributed by atoms with Crippen molar-refractivity contribution in [3.05, 3.63) is 64.9 Å². The van der Waals surface area contributed by atoms with Gasteiger partial charge in [-0.1, -0.05) is 12.1 Å². The monoisotopic (exact) mass is 343 g/mol. The number of nitrogens with one attached hydrogen (secondary N) is 1. The third kappa shape index (κ3) is 2.25. The van der Waals surface area contributed by atoms with Crippen molar-refractivity contribution in [2.24, 2.45) is 0 Å². The van der Waals surface area contributed by atoms with Gasteiger partial charge >= 0.3 is 0 Å². The number of aromatic nitrogens is 1. The molecule has 1 aromatic heterocycles. The number of hydrogen-bond acceptors (Lipinski definition) is 4. The number of benzene rings is 2. The van der Waals surface area contributed by atoms with Gasteiger partial charge in [0.15, 0.2) is 11.6 Å². The normalized spacial score (nSPS) is 14.9. The number of hydrogen-bond donors (Lipinski definition) is 2. The van der Waals surface area contributed by atoms with E-state index in [1.807, 2.05) is 24.3 Å². The summed E-state index contributed by atoms with van der Waals surface area (Å²) in [5.74, 6) is -1.94. The Morgan fingerprint density at radius 2 is 1.92 bits per heavy atom. The Balaban J connectivity index is 1.73. The fraction of sp³-hybridized carbons (Fsp3) is 0.0588. The highest BCUT2D eigenvalue weighted by molar-refractivity contribution is 7.19. The van der Waals surface area contributed by atoms with Crippen molar-refractivity contribution < 1.29 is 13.9 Å². The van der Waals surface area contributed by atoms with Crippen LogP contribution in [0, 0.1) is 17.0 Å². The van der Waals surface area contributed by atoms with Crippen LogP contribution >= 0.6 is 11.3 Å². The van der Waals surface area contributed by atoms with Crippen molar-refractivity contribution in [1.29, 1.82) is 5.41 Å². The van der Waals surface area contributed by atoms with Crippen LogP contribution in [0.1, 0.15) is 5.01 Å². The molecule has 0 bridgehead atoms. The van der Waals surface area contributed by atoms with E-state index in [1.165, 1.54) is 22.3 Å². The number of aliphatic hydroxyl groups excluding tert-OH is 1. The Morgan fingerprint density at radius 1 is 1.12 bits per heavy atom. The van der Waals surface area contributed by atoms with E-state index in [-0.39, 0.29) is 18.1 Å². The van der Waals surface area contributed by atoms with Crippen molar-refractivity contribution in [1.82, 2.24) is 4.98 Å². The van der Waals surface area contributed by atoms with E-state index in [9.17, 15) is 13.9 Å². The van der Waals surface area contributed by atoms with Crippen LogP contribution in [-0.2, 0) is 0 Å². The molecule has 0 unspecified atom stereocenters. The van der Waals surface area contributed by atoms with E-state index < -0.39 is 11.6 Å². The van der Waals surface area contributed by atoms with Crippen LogP contribution in [0.5, 0.6) is 0 Å². The van der Waals surface area contributed by atoms with Gasteiger partial charge < -0.3 is 10.0 Å². The number of fused-ring (bicyclic) bond motifs is 1. The van der Waals surface area contributed by atoms with Crippen molar-refractivity contribution >= 4 is 38.6 Å². The minimum atomic E-state index is -0.992. The van der Waals surface area contributed by atoms with Crippen molar-refractivity contribution in [3.8, 4) is 0 Å². The number of nitrogens with zero attached hydrogens (tertiary/aromatic N) is 2. The quantitative estimate of drug-likeness (QED) is 0.728. The standard InChI is InChI=1S/C17H11F2N3OS/c18-10-6-5-9(7-11(10)19)22-8-13(23)15(16(22)20)17-21-12-3-1-2-4-14(12)24-17/h1-7,20,23H,8H2. The van der Waals surface area contributed by atoms with Gasteiger partial charge in [0.1, 0.15) is 16.6 Å². The second kappa shape index (κ2) is 5.38. The lowest BCUT2D eigenvalue weighted by Gasteiger charge is -2.18. The van der Waals surface area contributed by atoms with Crippen LogP contribution in [0.4, 0.5) is 14.5 Å². The minimum Gasteiger partial charge on any atom is -0.510 e. The van der Waals surface area contributed by atoms with Crippen molar-refractivity contribution in [2.75, 3.05) is 11.4 Å². The molecule has 120 valence electrons. The first kappa shape index (κ1) is 14.8. The Bertz CT molecular complexity index is 979. The van der Waals surface area contributed by atoms with E-state index in [2.05, 4.69) is 4.98 Å². The molecule has 0 atom stereocenters. The molecule has 0 spiro atoms. The Morgan fingerprint density at radius 3 is 2.67 bits per heavy atom. The van der Waals surface area contributed by atoms with E-state index in [1.54, 1.807) is 0 Å². The van der Waals surface area contributed by atoms with Crippen LogP contribution in [-0.4, -0.2) is 22.5 Å². The summed E-state index contributed by atoms with van der Waals surface area (Å²) >= 11 is 1.37. The summed E-state index contributed by atoms with van der Waals surface area (Å²) in [5.41, 5.74) is 1.42. The molecule has 3 aromatic rings. The fourth-order valence-corrected chi connectivity index (χ4v) is 3.69. The first-order chi connectivity index (χ1) is 11.5. The molecule has 4 nitrogen and oxygen atoms in total. The van der Waals surface area contributed by atoms with Gasteiger partial charge in [0, 0.05) is 11.8 Å². The molecule has 0 amide bonds. The zero-order valence-corrected chi connectivity index (χ0v) is 13.1. The third-order valence-electron chi connectivity index (χ3n) is 3.83. The van der Waals surface area contributed by atoms with Gasteiger partial charge in [-0.2, -0.15) is 0 Å². The molecular weight excluding hydrogens is 332 g/mol. The third-order valence-corrected chi connectivity index (χ3v) is 4.88. The maximum atomic E-state index is 13.5. The predicted molar refractivity (Wildman–Crippen MR) is 90.6 cm³/mol. The lowest BCUT2D eigenvalue weighted by molar-refractivity contribution is 0.411. The highest BCUT2D eigenvalue weighted by atomic mass is 32.1. The summed E-state index contributed by atoms with van der Waals surface area (Å²) in [4.78, 5) is 5.87. The smallest absolute Gasteiger partial charge is 0.160 e. The predicted octanol–water partition coefficient (Wildman–Crippen LogP) is 4.34. The Kier molecular flexibility index (Phi) is 3.31. The summed E-state index contributed by atoms with van der Waals surface area (Å²) in [6.07, 6.45) is 0. The molecular formula is C17H11F2N3OS. The molecule has 1 aliphatic rings. The summed E-state index contributed by atoms with van der Waals surface area (Å²) < 4.78 is 27.5. The number of amidine groups is 1. The SMILES string of the molecule is N=C1C(c2nc3ccccc3s2)=C(O)CN1c1ccc(F)c(F)c1. The van der Waals surface area contributed by atoms with Crippen molar-refractivity contribution in [3.63, 3.8) is 0 Å². The van der Waals surface area contributed by atoms with Gasteiger partial charge in [0.25, 0.3) is 0 Å². The number of para-hydroxylation sites is 1. The molecule has 2 N–H and O–H groups in total. The first-order valence-electron chi connectivity index (χ1n) is 7.14. The molecule has 0 radical (unpaired) electrons. The molecule has 1 aliphatic heterocycles. The molecule has 2 heterocycles. The number of aliphatic hydroxyl groups is 1. The molecule has 0 saturated carbocycles. The zero-order chi connectivity index (χ0) is 16.8. The van der Waals surface area contributed by atoms with Gasteiger partial charge in [-0.25, -0.2) is 13.8 Å².